The van der Waals surface area contributed by atoms with Crippen LogP contribution in [0.5, 0.6) is 0 Å². The lowest BCUT2D eigenvalue weighted by molar-refractivity contribution is -0.143. The van der Waals surface area contributed by atoms with Crippen LogP contribution in [0.15, 0.2) is 12.2 Å². The number of hydrogen-bond acceptors (Lipinski definition) is 5. The van der Waals surface area contributed by atoms with E-state index in [-0.39, 0.29) is 18.5 Å². The van der Waals surface area contributed by atoms with Gasteiger partial charge in [0.25, 0.3) is 0 Å². The lowest BCUT2D eigenvalue weighted by atomic mass is 10.0. The highest BCUT2D eigenvalue weighted by Crippen LogP contribution is 2.20. The molecule has 2 unspecified atom stereocenters. The maximum atomic E-state index is 12.6. The highest BCUT2D eigenvalue weighted by atomic mass is 16.5. The Morgan fingerprint density at radius 2 is 0.560 bits per heavy atom. The number of rotatable bonds is 74. The van der Waals surface area contributed by atoms with Gasteiger partial charge in [-0.25, -0.2) is 0 Å². The maximum Gasteiger partial charge on any atom is 0.305 e. The fraction of sp³-hybridized carbons (Fsp3) is 0.949. The fourth-order valence-corrected chi connectivity index (χ4v) is 12.6. The number of allylic oxidation sites excluding steroid dienone is 2. The zero-order valence-corrected chi connectivity index (χ0v) is 57.4. The maximum absolute atomic E-state index is 12.6. The van der Waals surface area contributed by atoms with Crippen molar-refractivity contribution < 1.29 is 24.5 Å². The smallest absolute Gasteiger partial charge is 0.305 e. The van der Waals surface area contributed by atoms with Crippen LogP contribution in [0, 0.1) is 0 Å². The van der Waals surface area contributed by atoms with Gasteiger partial charge in [0.05, 0.1) is 25.4 Å². The normalized spacial score (nSPS) is 12.5. The number of carbonyl (C=O) groups is 2. The van der Waals surface area contributed by atoms with Gasteiger partial charge >= 0.3 is 5.97 Å². The van der Waals surface area contributed by atoms with E-state index in [1.165, 1.54) is 379 Å². The summed E-state index contributed by atoms with van der Waals surface area (Å²) in [6.07, 6.45) is 92.8. The number of ether oxygens (including phenoxy) is 1. The predicted molar refractivity (Wildman–Crippen MR) is 370 cm³/mol. The molecule has 0 aliphatic heterocycles. The van der Waals surface area contributed by atoms with E-state index in [9.17, 15) is 19.8 Å². The highest BCUT2D eigenvalue weighted by molar-refractivity contribution is 5.76. The summed E-state index contributed by atoms with van der Waals surface area (Å²) < 4.78 is 5.51. The molecule has 0 aromatic carbocycles. The molecule has 6 nitrogen and oxygen atoms in total. The Labute approximate surface area is 527 Å². The molecule has 2 atom stereocenters. The van der Waals surface area contributed by atoms with Gasteiger partial charge in [-0.05, 0) is 51.4 Å². The molecule has 0 fully saturated rings. The van der Waals surface area contributed by atoms with Crippen molar-refractivity contribution in [3.8, 4) is 0 Å². The fourth-order valence-electron chi connectivity index (χ4n) is 12.6. The summed E-state index contributed by atoms with van der Waals surface area (Å²) in [6.45, 7) is 5.00. The summed E-state index contributed by atoms with van der Waals surface area (Å²) in [6, 6.07) is -0.542. The molecule has 6 heteroatoms. The summed E-state index contributed by atoms with van der Waals surface area (Å²) in [7, 11) is 0. The van der Waals surface area contributed by atoms with Gasteiger partial charge in [0.2, 0.25) is 5.91 Å². The van der Waals surface area contributed by atoms with Crippen molar-refractivity contribution >= 4 is 11.9 Å². The Morgan fingerprint density at radius 3 is 0.845 bits per heavy atom. The van der Waals surface area contributed by atoms with Gasteiger partial charge in [-0.3, -0.25) is 9.59 Å². The summed E-state index contributed by atoms with van der Waals surface area (Å²) in [4.78, 5) is 24.7. The number of aliphatic hydroxyl groups excluding tert-OH is 2. The SMILES string of the molecule is CCCCCCCC/C=C\CCCCCCCCCCCC(=O)OCCCCCCCCCCCCCCCCCCCCCCCCCC(=O)NC(CO)C(O)CCCCCCCCCCCCCCCCCCCCCCCCCCC. The van der Waals surface area contributed by atoms with Crippen LogP contribution in [0.25, 0.3) is 0 Å². The third kappa shape index (κ3) is 69.7. The molecule has 500 valence electrons. The van der Waals surface area contributed by atoms with E-state index in [0.29, 0.717) is 25.9 Å². The highest BCUT2D eigenvalue weighted by Gasteiger charge is 2.20. The Balaban J connectivity index is 3.36. The van der Waals surface area contributed by atoms with Crippen LogP contribution in [-0.4, -0.2) is 47.4 Å². The first-order valence-corrected chi connectivity index (χ1v) is 38.9. The minimum atomic E-state index is -0.665. The number of unbranched alkanes of at least 4 members (excludes halogenated alkanes) is 61. The standard InChI is InChI=1S/C78H153NO5/c1-3-5-7-9-11-13-15-17-19-21-23-24-25-26-28-31-35-38-42-46-50-54-58-62-66-70-76(81)75(74-80)79-77(82)71-67-63-59-55-51-47-43-39-36-32-29-27-30-33-37-41-45-49-53-57-61-65-69-73-84-78(83)72-68-64-60-56-52-48-44-40-34-22-20-18-16-14-12-10-8-6-4-2/h18,20,75-76,80-81H,3-17,19,21-74H2,1-2H3,(H,79,82)/b20-18-. The van der Waals surface area contributed by atoms with Gasteiger partial charge in [-0.15, -0.1) is 0 Å². The van der Waals surface area contributed by atoms with E-state index in [0.717, 1.165) is 38.5 Å². The number of aliphatic hydroxyl groups is 2. The second kappa shape index (κ2) is 74.1. The quantitative estimate of drug-likeness (QED) is 0.0320. The van der Waals surface area contributed by atoms with E-state index in [4.69, 9.17) is 4.74 Å². The summed E-state index contributed by atoms with van der Waals surface area (Å²) in [5.74, 6) is -0.0126. The number of carbonyl (C=O) groups excluding carboxylic acids is 2. The summed E-state index contributed by atoms with van der Waals surface area (Å²) in [5.41, 5.74) is 0. The molecule has 0 heterocycles. The van der Waals surface area contributed by atoms with E-state index in [1.54, 1.807) is 0 Å². The molecule has 0 saturated heterocycles. The minimum Gasteiger partial charge on any atom is -0.466 e. The third-order valence-electron chi connectivity index (χ3n) is 18.6. The second-order valence-corrected chi connectivity index (χ2v) is 27.0. The molecule has 0 radical (unpaired) electrons. The topological polar surface area (TPSA) is 95.9 Å². The molecule has 0 bridgehead atoms. The van der Waals surface area contributed by atoms with E-state index < -0.39 is 12.1 Å². The van der Waals surface area contributed by atoms with Crippen LogP contribution in [-0.2, 0) is 14.3 Å². The Hall–Kier alpha value is -1.40. The van der Waals surface area contributed by atoms with Crippen LogP contribution in [0.1, 0.15) is 450 Å². The first kappa shape index (κ1) is 82.6. The van der Waals surface area contributed by atoms with Crippen LogP contribution in [0.3, 0.4) is 0 Å². The van der Waals surface area contributed by atoms with Crippen molar-refractivity contribution in [2.75, 3.05) is 13.2 Å². The van der Waals surface area contributed by atoms with Crippen LogP contribution >= 0.6 is 0 Å². The number of hydrogen-bond donors (Lipinski definition) is 3. The molecule has 0 saturated carbocycles. The molecule has 1 amide bonds. The van der Waals surface area contributed by atoms with Gasteiger partial charge < -0.3 is 20.3 Å². The Bertz CT molecular complexity index is 1270. The van der Waals surface area contributed by atoms with Crippen molar-refractivity contribution in [3.05, 3.63) is 12.2 Å². The largest absolute Gasteiger partial charge is 0.466 e. The van der Waals surface area contributed by atoms with E-state index in [2.05, 4.69) is 31.3 Å². The van der Waals surface area contributed by atoms with Gasteiger partial charge in [0, 0.05) is 12.8 Å². The Morgan fingerprint density at radius 1 is 0.321 bits per heavy atom. The molecule has 0 aromatic heterocycles. The monoisotopic (exact) mass is 1180 g/mol. The van der Waals surface area contributed by atoms with Crippen molar-refractivity contribution in [2.24, 2.45) is 0 Å². The van der Waals surface area contributed by atoms with E-state index in [1.807, 2.05) is 0 Å². The molecular formula is C78H153NO5. The van der Waals surface area contributed by atoms with Gasteiger partial charge in [-0.2, -0.15) is 0 Å². The van der Waals surface area contributed by atoms with Crippen LogP contribution in [0.2, 0.25) is 0 Å². The molecule has 0 aliphatic rings. The first-order chi connectivity index (χ1) is 41.5. The third-order valence-corrected chi connectivity index (χ3v) is 18.6. The molecule has 0 rings (SSSR count). The zero-order chi connectivity index (χ0) is 60.6. The zero-order valence-electron chi connectivity index (χ0n) is 57.4. The number of nitrogens with one attached hydrogen (secondary N) is 1. The molecule has 84 heavy (non-hydrogen) atoms. The lowest BCUT2D eigenvalue weighted by Gasteiger charge is -2.22. The van der Waals surface area contributed by atoms with Crippen LogP contribution < -0.4 is 5.32 Å². The molecule has 0 spiro atoms. The average molecular weight is 1190 g/mol. The number of amides is 1. The first-order valence-electron chi connectivity index (χ1n) is 38.9. The van der Waals surface area contributed by atoms with E-state index >= 15 is 0 Å². The summed E-state index contributed by atoms with van der Waals surface area (Å²) in [5, 5.41) is 23.5. The average Bonchev–Trinajstić information content (AvgIpc) is 3.51. The van der Waals surface area contributed by atoms with Crippen LogP contribution in [0.4, 0.5) is 0 Å². The molecule has 0 aromatic rings. The predicted octanol–water partition coefficient (Wildman–Crippen LogP) is 25.5. The van der Waals surface area contributed by atoms with Gasteiger partial charge in [0.1, 0.15) is 0 Å². The summed E-state index contributed by atoms with van der Waals surface area (Å²) >= 11 is 0. The van der Waals surface area contributed by atoms with Crippen molar-refractivity contribution in [2.45, 2.75) is 463 Å². The number of esters is 1. The van der Waals surface area contributed by atoms with Crippen molar-refractivity contribution in [1.29, 1.82) is 0 Å². The molecule has 0 aliphatic carbocycles. The minimum absolute atomic E-state index is 0.0157. The van der Waals surface area contributed by atoms with Gasteiger partial charge in [-0.1, -0.05) is 398 Å². The molecule has 3 N–H and O–H groups in total. The molecular weight excluding hydrogens is 1030 g/mol. The second-order valence-electron chi connectivity index (χ2n) is 27.0. The van der Waals surface area contributed by atoms with Gasteiger partial charge in [0.15, 0.2) is 0 Å². The van der Waals surface area contributed by atoms with Crippen molar-refractivity contribution in [1.82, 2.24) is 5.32 Å². The lowest BCUT2D eigenvalue weighted by Crippen LogP contribution is -2.45. The Kier molecular flexibility index (Phi) is 72.8. The van der Waals surface area contributed by atoms with Crippen molar-refractivity contribution in [3.63, 3.8) is 0 Å².